The molecule has 8 nitrogen and oxygen atoms in total. The van der Waals surface area contributed by atoms with E-state index in [4.69, 9.17) is 4.74 Å². The zero-order valence-electron chi connectivity index (χ0n) is 15.8. The number of benzene rings is 1. The summed E-state index contributed by atoms with van der Waals surface area (Å²) in [6.45, 7) is 8.21. The Bertz CT molecular complexity index is 777. The molecular weight excluding hydrogens is 344 g/mol. The van der Waals surface area contributed by atoms with Gasteiger partial charge in [0.25, 0.3) is 0 Å². The summed E-state index contributed by atoms with van der Waals surface area (Å²) in [7, 11) is 0. The van der Waals surface area contributed by atoms with Gasteiger partial charge in [-0.3, -0.25) is 0 Å². The number of urea groups is 1. The average molecular weight is 370 g/mol. The third kappa shape index (κ3) is 5.55. The molecule has 8 heteroatoms. The van der Waals surface area contributed by atoms with E-state index in [0.29, 0.717) is 26.3 Å². The van der Waals surface area contributed by atoms with Gasteiger partial charge in [0.15, 0.2) is 0 Å². The predicted octanol–water partition coefficient (Wildman–Crippen LogP) is 2.16. The Hall–Kier alpha value is -2.87. The number of nitrogens with zero attached hydrogens (tertiary/aromatic N) is 3. The Kier molecular flexibility index (Phi) is 6.43. The lowest BCUT2D eigenvalue weighted by Crippen LogP contribution is -2.36. The largest absolute Gasteiger partial charge is 0.378 e. The Labute approximate surface area is 159 Å². The van der Waals surface area contributed by atoms with Crippen LogP contribution in [-0.2, 0) is 4.74 Å². The first kappa shape index (κ1) is 18.9. The van der Waals surface area contributed by atoms with E-state index >= 15 is 0 Å². The van der Waals surface area contributed by atoms with E-state index < -0.39 is 0 Å². The molecule has 0 bridgehead atoms. The number of nitrogens with one attached hydrogen (secondary N) is 3. The third-order valence-electron chi connectivity index (χ3n) is 4.47. The molecule has 0 spiro atoms. The number of rotatable bonds is 6. The van der Waals surface area contributed by atoms with E-state index in [2.05, 4.69) is 30.8 Å². The van der Waals surface area contributed by atoms with Crippen molar-refractivity contribution in [1.29, 1.82) is 0 Å². The molecule has 1 fully saturated rings. The molecule has 27 heavy (non-hydrogen) atoms. The van der Waals surface area contributed by atoms with E-state index in [1.807, 2.05) is 38.1 Å². The van der Waals surface area contributed by atoms with Gasteiger partial charge in [0.1, 0.15) is 18.0 Å². The quantitative estimate of drug-likeness (QED) is 0.675. The van der Waals surface area contributed by atoms with Gasteiger partial charge in [0.2, 0.25) is 0 Å². The summed E-state index contributed by atoms with van der Waals surface area (Å²) in [5.41, 5.74) is 3.13. The lowest BCUT2D eigenvalue weighted by Gasteiger charge is -2.27. The van der Waals surface area contributed by atoms with Gasteiger partial charge in [0.05, 0.1) is 13.2 Å². The molecule has 0 radical (unpaired) electrons. The molecule has 2 heterocycles. The van der Waals surface area contributed by atoms with E-state index in [1.165, 1.54) is 5.56 Å². The lowest BCUT2D eigenvalue weighted by atomic mass is 10.1. The second-order valence-electron chi connectivity index (χ2n) is 6.47. The van der Waals surface area contributed by atoms with Gasteiger partial charge in [-0.15, -0.1) is 0 Å². The highest BCUT2D eigenvalue weighted by atomic mass is 16.5. The maximum atomic E-state index is 12.0. The predicted molar refractivity (Wildman–Crippen MR) is 106 cm³/mol. The van der Waals surface area contributed by atoms with Crippen LogP contribution in [0.3, 0.4) is 0 Å². The molecule has 144 valence electrons. The topological polar surface area (TPSA) is 91.4 Å². The summed E-state index contributed by atoms with van der Waals surface area (Å²) < 4.78 is 5.36. The van der Waals surface area contributed by atoms with Crippen molar-refractivity contribution >= 4 is 23.4 Å². The second kappa shape index (κ2) is 9.18. The minimum Gasteiger partial charge on any atom is -0.378 e. The maximum Gasteiger partial charge on any atom is 0.319 e. The monoisotopic (exact) mass is 370 g/mol. The van der Waals surface area contributed by atoms with Gasteiger partial charge in [0, 0.05) is 37.9 Å². The zero-order valence-corrected chi connectivity index (χ0v) is 15.8. The van der Waals surface area contributed by atoms with Gasteiger partial charge in [-0.2, -0.15) is 0 Å². The molecular formula is C19H26N6O2. The summed E-state index contributed by atoms with van der Waals surface area (Å²) in [6, 6.07) is 7.54. The molecule has 0 aliphatic carbocycles. The minimum absolute atomic E-state index is 0.225. The van der Waals surface area contributed by atoms with Gasteiger partial charge in [-0.25, -0.2) is 14.8 Å². The number of hydrogen-bond acceptors (Lipinski definition) is 6. The van der Waals surface area contributed by atoms with Crippen LogP contribution in [0.4, 0.5) is 22.1 Å². The average Bonchev–Trinajstić information content (AvgIpc) is 2.69. The van der Waals surface area contributed by atoms with E-state index in [1.54, 1.807) is 6.33 Å². The van der Waals surface area contributed by atoms with Crippen LogP contribution in [0.2, 0.25) is 0 Å². The molecule has 1 aliphatic rings. The fourth-order valence-electron chi connectivity index (χ4n) is 2.77. The van der Waals surface area contributed by atoms with Gasteiger partial charge in [-0.1, -0.05) is 6.07 Å². The van der Waals surface area contributed by atoms with E-state index in [0.717, 1.165) is 36.0 Å². The van der Waals surface area contributed by atoms with Gasteiger partial charge in [-0.05, 0) is 37.1 Å². The molecule has 1 aromatic heterocycles. The summed E-state index contributed by atoms with van der Waals surface area (Å²) in [4.78, 5) is 22.7. The van der Waals surface area contributed by atoms with Crippen molar-refractivity contribution in [3.8, 4) is 0 Å². The number of hydrogen-bond donors (Lipinski definition) is 3. The smallest absolute Gasteiger partial charge is 0.319 e. The van der Waals surface area contributed by atoms with Gasteiger partial charge >= 0.3 is 6.03 Å². The number of carbonyl (C=O) groups excluding carboxylic acids is 1. The molecule has 2 aromatic rings. The number of carbonyl (C=O) groups is 1. The van der Waals surface area contributed by atoms with E-state index in [-0.39, 0.29) is 6.03 Å². The Morgan fingerprint density at radius 2 is 1.93 bits per heavy atom. The highest BCUT2D eigenvalue weighted by Crippen LogP contribution is 2.15. The summed E-state index contributed by atoms with van der Waals surface area (Å²) in [5, 5.41) is 8.88. The number of anilines is 3. The SMILES string of the molecule is Cc1ccc(NC(=O)NCCNc2cc(N3CCOCC3)ncn2)cc1C. The van der Waals surface area contributed by atoms with Crippen LogP contribution in [0.1, 0.15) is 11.1 Å². The first-order chi connectivity index (χ1) is 13.1. The van der Waals surface area contributed by atoms with Crippen molar-refractivity contribution in [2.75, 3.05) is 54.9 Å². The molecule has 1 aromatic carbocycles. The number of aryl methyl sites for hydroxylation is 2. The summed E-state index contributed by atoms with van der Waals surface area (Å²) in [6.07, 6.45) is 1.55. The van der Waals surface area contributed by atoms with Crippen molar-refractivity contribution in [3.05, 3.63) is 41.7 Å². The van der Waals surface area contributed by atoms with Gasteiger partial charge < -0.3 is 25.6 Å². The fourth-order valence-corrected chi connectivity index (χ4v) is 2.77. The van der Waals surface area contributed by atoms with Crippen LogP contribution in [-0.4, -0.2) is 55.4 Å². The Morgan fingerprint density at radius 3 is 2.70 bits per heavy atom. The molecule has 0 atom stereocenters. The number of morpholine rings is 1. The lowest BCUT2D eigenvalue weighted by molar-refractivity contribution is 0.122. The summed E-state index contributed by atoms with van der Waals surface area (Å²) >= 11 is 0. The second-order valence-corrected chi connectivity index (χ2v) is 6.47. The van der Waals surface area contributed by atoms with Crippen LogP contribution in [0, 0.1) is 13.8 Å². The Balaban J connectivity index is 1.41. The summed E-state index contributed by atoms with van der Waals surface area (Å²) in [5.74, 6) is 1.62. The number of aromatic nitrogens is 2. The van der Waals surface area contributed by atoms with Crippen LogP contribution in [0.5, 0.6) is 0 Å². The first-order valence-corrected chi connectivity index (χ1v) is 9.12. The number of amides is 2. The number of ether oxygens (including phenoxy) is 1. The van der Waals surface area contributed by atoms with Crippen molar-refractivity contribution in [2.24, 2.45) is 0 Å². The minimum atomic E-state index is -0.225. The Morgan fingerprint density at radius 1 is 1.11 bits per heavy atom. The van der Waals surface area contributed by atoms with Crippen LogP contribution in [0.15, 0.2) is 30.6 Å². The van der Waals surface area contributed by atoms with Crippen molar-refractivity contribution in [1.82, 2.24) is 15.3 Å². The molecule has 3 rings (SSSR count). The maximum absolute atomic E-state index is 12.0. The normalized spacial score (nSPS) is 13.9. The van der Waals surface area contributed by atoms with E-state index in [9.17, 15) is 4.79 Å². The van der Waals surface area contributed by atoms with Crippen molar-refractivity contribution < 1.29 is 9.53 Å². The van der Waals surface area contributed by atoms with Crippen LogP contribution < -0.4 is 20.9 Å². The van der Waals surface area contributed by atoms with Crippen LogP contribution >= 0.6 is 0 Å². The highest BCUT2D eigenvalue weighted by Gasteiger charge is 2.12. The molecule has 0 unspecified atom stereocenters. The zero-order chi connectivity index (χ0) is 19.1. The molecule has 2 amide bonds. The molecule has 1 saturated heterocycles. The standard InChI is InChI=1S/C19H26N6O2/c1-14-3-4-16(11-15(14)2)24-19(26)21-6-5-20-17-12-18(23-13-22-17)25-7-9-27-10-8-25/h3-4,11-13H,5-10H2,1-2H3,(H,20,22,23)(H2,21,24,26). The van der Waals surface area contributed by atoms with Crippen LogP contribution in [0.25, 0.3) is 0 Å². The highest BCUT2D eigenvalue weighted by molar-refractivity contribution is 5.89. The fraction of sp³-hybridized carbons (Fsp3) is 0.421. The molecule has 1 aliphatic heterocycles. The van der Waals surface area contributed by atoms with Crippen molar-refractivity contribution in [2.45, 2.75) is 13.8 Å². The molecule has 3 N–H and O–H groups in total. The first-order valence-electron chi connectivity index (χ1n) is 9.12. The third-order valence-corrected chi connectivity index (χ3v) is 4.47. The van der Waals surface area contributed by atoms with Crippen molar-refractivity contribution in [3.63, 3.8) is 0 Å². The molecule has 0 saturated carbocycles.